The molecule has 0 N–H and O–H groups in total. The van der Waals surface area contributed by atoms with Crippen LogP contribution >= 0.6 is 29.4 Å². The van der Waals surface area contributed by atoms with Gasteiger partial charge in [-0.25, -0.2) is 0 Å². The zero-order valence-electron chi connectivity index (χ0n) is 22.8. The average molecular weight is 600 g/mol. The van der Waals surface area contributed by atoms with E-state index in [4.69, 9.17) is 4.52 Å². The van der Waals surface area contributed by atoms with Crippen LogP contribution in [0.15, 0.2) is 53.4 Å². The van der Waals surface area contributed by atoms with Crippen LogP contribution in [0.1, 0.15) is 115 Å². The molecule has 0 spiro atoms. The summed E-state index contributed by atoms with van der Waals surface area (Å²) >= 11 is 5.80. The fraction of sp³-hybridized carbons (Fsp3) is 0.600. The number of aryl methyl sites for hydroxylation is 2. The van der Waals surface area contributed by atoms with Crippen molar-refractivity contribution >= 4 is 29.4 Å². The zero-order chi connectivity index (χ0) is 25.2. The largest absolute Gasteiger partial charge is 0.429 e. The maximum atomic E-state index is 13.4. The summed E-state index contributed by atoms with van der Waals surface area (Å²) in [5.74, 6) is -2.48. The number of para-hydroxylation sites is 1. The number of hydrogen-bond acceptors (Lipinski definition) is 3. The first-order valence-electron chi connectivity index (χ1n) is 13.9. The van der Waals surface area contributed by atoms with Crippen molar-refractivity contribution in [1.82, 2.24) is 0 Å². The van der Waals surface area contributed by atoms with Crippen LogP contribution in [0, 0.1) is 0 Å². The second kappa shape index (κ2) is 20.7. The third-order valence-corrected chi connectivity index (χ3v) is 10.2. The zero-order valence-corrected chi connectivity index (χ0v) is 28.3. The van der Waals surface area contributed by atoms with Gasteiger partial charge in [0.25, 0.3) is 0 Å². The van der Waals surface area contributed by atoms with Crippen molar-refractivity contribution in [2.24, 2.45) is 0 Å². The van der Waals surface area contributed by atoms with Crippen molar-refractivity contribution in [3.63, 3.8) is 0 Å². The van der Waals surface area contributed by atoms with E-state index in [2.05, 4.69) is 50.4 Å². The van der Waals surface area contributed by atoms with E-state index in [0.29, 0.717) is 5.75 Å². The van der Waals surface area contributed by atoms with Crippen LogP contribution in [-0.4, -0.2) is 0 Å². The molecule has 0 bridgehead atoms. The smallest absolute Gasteiger partial charge is 0.361 e. The van der Waals surface area contributed by atoms with Crippen LogP contribution in [0.25, 0.3) is 0 Å². The first-order chi connectivity index (χ1) is 17.1. The van der Waals surface area contributed by atoms with Crippen LogP contribution < -0.4 is 4.52 Å². The van der Waals surface area contributed by atoms with Crippen molar-refractivity contribution in [3.8, 4) is 5.75 Å². The van der Waals surface area contributed by atoms with Crippen molar-refractivity contribution < 1.29 is 28.6 Å². The van der Waals surface area contributed by atoms with Gasteiger partial charge in [0.1, 0.15) is 5.75 Å². The molecule has 2 aromatic carbocycles. The molecule has 0 aliphatic carbocycles. The van der Waals surface area contributed by atoms with Crippen LogP contribution in [0.3, 0.4) is 0 Å². The Bertz CT molecular complexity index is 810. The van der Waals surface area contributed by atoms with Gasteiger partial charge in [-0.1, -0.05) is 140 Å². The van der Waals surface area contributed by atoms with Gasteiger partial charge in [0.05, 0.1) is 0 Å². The molecule has 0 heterocycles. The Labute approximate surface area is 243 Å². The molecule has 0 aromatic heterocycles. The van der Waals surface area contributed by atoms with Crippen molar-refractivity contribution in [2.75, 3.05) is 0 Å². The molecule has 1 unspecified atom stereocenters. The molecule has 2 aromatic rings. The summed E-state index contributed by atoms with van der Waals surface area (Å²) < 4.78 is 19.5. The van der Waals surface area contributed by atoms with Gasteiger partial charge in [-0.15, -0.1) is 0 Å². The minimum atomic E-state index is -3.19. The molecule has 0 saturated heterocycles. The van der Waals surface area contributed by atoms with Gasteiger partial charge in [0, 0.05) is 24.4 Å². The van der Waals surface area contributed by atoms with Crippen molar-refractivity contribution in [2.45, 2.75) is 121 Å². The standard InChI is InChI=1S/C30H47O2PS2.Zn/c1-3-5-7-9-11-13-15-21-27-22-17-19-25-29(27)32-33(31,34)35-30-26-20-18-24-28(30)23-16-14-12-10-8-6-4-2;/h17-20,22,24-26H,3-16,21,23H2,1-2H3,(H,31,34);. The number of benzene rings is 2. The molecule has 36 heavy (non-hydrogen) atoms. The van der Waals surface area contributed by atoms with E-state index in [1.807, 2.05) is 24.3 Å². The van der Waals surface area contributed by atoms with Gasteiger partial charge in [-0.05, 0) is 60.3 Å². The maximum Gasteiger partial charge on any atom is 0.361 e. The van der Waals surface area contributed by atoms with E-state index < -0.39 is 5.77 Å². The molecule has 0 aliphatic rings. The number of rotatable bonds is 20. The SMILES string of the molecule is CCCCCCCCCc1ccccc1OP(=O)(S)Sc1ccccc1CCCCCCCCC.[Zn]. The Kier molecular flexibility index (Phi) is 19.5. The minimum Gasteiger partial charge on any atom is -0.429 e. The van der Waals surface area contributed by atoms with E-state index in [1.165, 1.54) is 100 Å². The molecule has 0 saturated carbocycles. The number of unbranched alkanes of at least 4 members (excludes halogenated alkanes) is 12. The molecule has 198 valence electrons. The predicted octanol–water partition coefficient (Wildman–Crippen LogP) is 11.5. The monoisotopic (exact) mass is 598 g/mol. The Balaban J connectivity index is 0.00000648. The van der Waals surface area contributed by atoms with E-state index in [-0.39, 0.29) is 19.5 Å². The van der Waals surface area contributed by atoms with E-state index in [0.717, 1.165) is 29.7 Å². The van der Waals surface area contributed by atoms with E-state index >= 15 is 0 Å². The summed E-state index contributed by atoms with van der Waals surface area (Å²) in [5, 5.41) is 0. The third kappa shape index (κ3) is 14.7. The Hall–Kier alpha value is -0.207. The molecule has 0 amide bonds. The molecular formula is C30H47O2PS2Zn. The summed E-state index contributed by atoms with van der Waals surface area (Å²) in [7, 11) is 0. The van der Waals surface area contributed by atoms with Crippen LogP contribution in [0.5, 0.6) is 5.75 Å². The maximum absolute atomic E-state index is 13.4. The van der Waals surface area contributed by atoms with E-state index in [9.17, 15) is 4.57 Å². The summed E-state index contributed by atoms with van der Waals surface area (Å²) in [6, 6.07) is 16.3. The third-order valence-electron chi connectivity index (χ3n) is 6.47. The van der Waals surface area contributed by atoms with Gasteiger partial charge in [-0.2, -0.15) is 0 Å². The van der Waals surface area contributed by atoms with Gasteiger partial charge >= 0.3 is 5.77 Å². The molecule has 6 heteroatoms. The summed E-state index contributed by atoms with van der Waals surface area (Å²) in [6.07, 6.45) is 20.0. The minimum absolute atomic E-state index is 0. The fourth-order valence-corrected chi connectivity index (χ4v) is 8.24. The Morgan fingerprint density at radius 1 is 0.667 bits per heavy atom. The topological polar surface area (TPSA) is 26.3 Å². The molecule has 0 radical (unpaired) electrons. The number of thiol groups is 1. The quantitative estimate of drug-likeness (QED) is 0.0709. The number of hydrogen-bond donors (Lipinski definition) is 1. The van der Waals surface area contributed by atoms with Crippen molar-refractivity contribution in [3.05, 3.63) is 59.7 Å². The predicted molar refractivity (Wildman–Crippen MR) is 159 cm³/mol. The van der Waals surface area contributed by atoms with Crippen LogP contribution in [-0.2, 0) is 36.9 Å². The first-order valence-corrected chi connectivity index (χ1v) is 18.1. The second-order valence-electron chi connectivity index (χ2n) is 9.61. The molecule has 2 rings (SSSR count). The molecular weight excluding hydrogens is 553 g/mol. The van der Waals surface area contributed by atoms with Crippen molar-refractivity contribution in [1.29, 1.82) is 0 Å². The molecule has 2 nitrogen and oxygen atoms in total. The van der Waals surface area contributed by atoms with Gasteiger partial charge < -0.3 is 4.52 Å². The van der Waals surface area contributed by atoms with Gasteiger partial charge in [0.15, 0.2) is 0 Å². The van der Waals surface area contributed by atoms with Crippen LogP contribution in [0.2, 0.25) is 0 Å². The molecule has 1 atom stereocenters. The molecule has 0 fully saturated rings. The Morgan fingerprint density at radius 2 is 1.11 bits per heavy atom. The molecule has 0 aliphatic heterocycles. The van der Waals surface area contributed by atoms with E-state index in [1.54, 1.807) is 0 Å². The second-order valence-corrected chi connectivity index (χ2v) is 15.7. The first kappa shape index (κ1) is 33.8. The van der Waals surface area contributed by atoms with Crippen LogP contribution in [0.4, 0.5) is 0 Å². The van der Waals surface area contributed by atoms with Gasteiger partial charge in [0.2, 0.25) is 0 Å². The fourth-order valence-electron chi connectivity index (χ4n) is 4.41. The summed E-state index contributed by atoms with van der Waals surface area (Å²) in [4.78, 5) is 1.03. The Morgan fingerprint density at radius 3 is 1.69 bits per heavy atom. The summed E-state index contributed by atoms with van der Waals surface area (Å²) in [5.41, 5.74) is 2.38. The van der Waals surface area contributed by atoms with Gasteiger partial charge in [-0.3, -0.25) is 4.57 Å². The normalized spacial score (nSPS) is 12.6. The summed E-state index contributed by atoms with van der Waals surface area (Å²) in [6.45, 7) is 4.51. The average Bonchev–Trinajstić information content (AvgIpc) is 2.84.